The van der Waals surface area contributed by atoms with Crippen LogP contribution in [0.4, 0.5) is 0 Å². The summed E-state index contributed by atoms with van der Waals surface area (Å²) >= 11 is 0. The second kappa shape index (κ2) is 61.1. The normalized spacial score (nSPS) is 23.2. The number of aliphatic hydroxyl groups is 8. The highest BCUT2D eigenvalue weighted by Crippen LogP contribution is 2.30. The molecule has 9 N–H and O–H groups in total. The summed E-state index contributed by atoms with van der Waals surface area (Å²) in [6.45, 7) is 2.71. The Morgan fingerprint density at radius 3 is 1.21 bits per heavy atom. The largest absolute Gasteiger partial charge is 0.394 e. The van der Waals surface area contributed by atoms with E-state index in [1.807, 2.05) is 6.08 Å². The van der Waals surface area contributed by atoms with Crippen molar-refractivity contribution in [3.05, 3.63) is 72.9 Å². The average molecular weight is 1290 g/mol. The van der Waals surface area contributed by atoms with Crippen molar-refractivity contribution in [3.8, 4) is 0 Å². The van der Waals surface area contributed by atoms with Gasteiger partial charge in [0.05, 0.1) is 32.0 Å². The number of carbonyl (C=O) groups is 1. The Hall–Kier alpha value is -2.57. The molecule has 14 nitrogen and oxygen atoms in total. The van der Waals surface area contributed by atoms with Gasteiger partial charge in [-0.15, -0.1) is 0 Å². The molecule has 2 heterocycles. The molecule has 2 aliphatic heterocycles. The zero-order chi connectivity index (χ0) is 65.9. The summed E-state index contributed by atoms with van der Waals surface area (Å²) in [5, 5.41) is 87.6. The van der Waals surface area contributed by atoms with E-state index in [-0.39, 0.29) is 18.9 Å². The number of carbonyl (C=O) groups excluding carboxylic acids is 1. The number of allylic oxidation sites excluding steroid dienone is 11. The van der Waals surface area contributed by atoms with E-state index in [2.05, 4.69) is 79.9 Å². The lowest BCUT2D eigenvalue weighted by molar-refractivity contribution is -0.359. The first-order valence-electron chi connectivity index (χ1n) is 37.7. The Balaban J connectivity index is 1.66. The summed E-state index contributed by atoms with van der Waals surface area (Å²) in [6.07, 6.45) is 66.8. The Kier molecular flexibility index (Phi) is 56.7. The lowest BCUT2D eigenvalue weighted by Gasteiger charge is -2.46. The van der Waals surface area contributed by atoms with Crippen molar-refractivity contribution < 1.29 is 64.6 Å². The van der Waals surface area contributed by atoms with E-state index in [1.165, 1.54) is 225 Å². The average Bonchev–Trinajstić information content (AvgIpc) is 1.06. The topological polar surface area (TPSA) is 228 Å². The molecule has 0 radical (unpaired) electrons. The van der Waals surface area contributed by atoms with Gasteiger partial charge in [-0.3, -0.25) is 4.79 Å². The lowest BCUT2D eigenvalue weighted by Crippen LogP contribution is -2.65. The predicted molar refractivity (Wildman–Crippen MR) is 373 cm³/mol. The maximum absolute atomic E-state index is 13.4. The second-order valence-corrected chi connectivity index (χ2v) is 26.4. The van der Waals surface area contributed by atoms with Crippen molar-refractivity contribution in [3.63, 3.8) is 0 Å². The SMILES string of the molecule is CC/C=C\C/C=C\C/C=C\C/C=C\CCCCCCCCCCCCCCCCCCC(=O)NC(COC1OC(CO)C(OC2OC(CO)C(O)C(O)C2O)C(O)C1O)C(O)/C=C/CC/C=C/CCCCCCCCCCCCCCCCCCCCCCCC. The minimum Gasteiger partial charge on any atom is -0.394 e. The van der Waals surface area contributed by atoms with E-state index < -0.39 is 86.8 Å². The minimum atomic E-state index is -1.79. The van der Waals surface area contributed by atoms with Crippen LogP contribution in [-0.4, -0.2) is 140 Å². The maximum atomic E-state index is 13.4. The molecule has 0 spiro atoms. The lowest BCUT2D eigenvalue weighted by atomic mass is 9.97. The van der Waals surface area contributed by atoms with Crippen LogP contribution in [0.25, 0.3) is 0 Å². The molecule has 2 saturated heterocycles. The van der Waals surface area contributed by atoms with Gasteiger partial charge in [0.25, 0.3) is 0 Å². The first-order valence-corrected chi connectivity index (χ1v) is 37.7. The van der Waals surface area contributed by atoms with Crippen LogP contribution in [0.2, 0.25) is 0 Å². The Bertz CT molecular complexity index is 1800. The molecule has 530 valence electrons. The highest BCUT2D eigenvalue weighted by atomic mass is 16.7. The molecule has 0 aromatic heterocycles. The summed E-state index contributed by atoms with van der Waals surface area (Å²) in [6, 6.07) is -0.936. The van der Waals surface area contributed by atoms with Crippen LogP contribution in [0.1, 0.15) is 316 Å². The van der Waals surface area contributed by atoms with Gasteiger partial charge in [0.15, 0.2) is 12.6 Å². The molecule has 1 amide bonds. The zero-order valence-corrected chi connectivity index (χ0v) is 57.8. The van der Waals surface area contributed by atoms with Crippen LogP contribution in [-0.2, 0) is 23.7 Å². The summed E-state index contributed by atoms with van der Waals surface area (Å²) < 4.78 is 22.9. The van der Waals surface area contributed by atoms with Gasteiger partial charge in [0, 0.05) is 6.42 Å². The van der Waals surface area contributed by atoms with Crippen molar-refractivity contribution in [2.75, 3.05) is 19.8 Å². The van der Waals surface area contributed by atoms with Crippen molar-refractivity contribution in [2.45, 2.75) is 389 Å². The van der Waals surface area contributed by atoms with Gasteiger partial charge < -0.3 is 65.1 Å². The third-order valence-corrected chi connectivity index (χ3v) is 18.1. The smallest absolute Gasteiger partial charge is 0.220 e. The fraction of sp³-hybridized carbons (Fsp3) is 0.831. The number of hydrogen-bond donors (Lipinski definition) is 9. The third-order valence-electron chi connectivity index (χ3n) is 18.1. The van der Waals surface area contributed by atoms with E-state index in [4.69, 9.17) is 18.9 Å². The van der Waals surface area contributed by atoms with Crippen molar-refractivity contribution >= 4 is 5.91 Å². The van der Waals surface area contributed by atoms with Crippen LogP contribution in [0.3, 0.4) is 0 Å². The standard InChI is InChI=1S/C77H139NO13/c1-3-5-7-9-11-13-15-17-19-21-23-25-27-29-31-33-35-37-39-41-43-45-47-49-51-53-55-57-59-61-69(82)78-65(64-88-76-74(87)72(85)75(68(63-80)90-76)91-77-73(86)71(84)70(83)67(62-79)89-77)66(81)60-58-56-54-52-50-48-46-44-42-40-38-36-34-32-30-28-26-24-22-20-18-16-14-12-10-8-6-4-2/h5,7,11,13,17,19,23,25,50,52,58,60,65-68,70-77,79-81,83-87H,3-4,6,8-10,12,14-16,18,20-22,24,26-49,51,53-57,59,61-64H2,1-2H3,(H,78,82)/b7-5-,13-11-,19-17-,25-23-,52-50+,60-58+. The van der Waals surface area contributed by atoms with E-state index in [0.717, 1.165) is 57.8 Å². The van der Waals surface area contributed by atoms with Gasteiger partial charge in [-0.1, -0.05) is 311 Å². The van der Waals surface area contributed by atoms with Crippen LogP contribution in [0, 0.1) is 0 Å². The second-order valence-electron chi connectivity index (χ2n) is 26.4. The van der Waals surface area contributed by atoms with Gasteiger partial charge in [0.2, 0.25) is 5.91 Å². The number of aliphatic hydroxyl groups excluding tert-OH is 8. The Labute approximate surface area is 555 Å². The molecular weight excluding hydrogens is 1150 g/mol. The van der Waals surface area contributed by atoms with Crippen molar-refractivity contribution in [2.24, 2.45) is 0 Å². The molecule has 12 atom stereocenters. The van der Waals surface area contributed by atoms with Gasteiger partial charge in [-0.05, 0) is 70.6 Å². The maximum Gasteiger partial charge on any atom is 0.220 e. The molecule has 0 bridgehead atoms. The predicted octanol–water partition coefficient (Wildman–Crippen LogP) is 16.2. The number of hydrogen-bond acceptors (Lipinski definition) is 13. The molecule has 0 aromatic carbocycles. The van der Waals surface area contributed by atoms with E-state index in [0.29, 0.717) is 12.8 Å². The zero-order valence-electron chi connectivity index (χ0n) is 57.8. The summed E-state index contributed by atoms with van der Waals surface area (Å²) in [7, 11) is 0. The Morgan fingerprint density at radius 1 is 0.407 bits per heavy atom. The van der Waals surface area contributed by atoms with Crippen LogP contribution < -0.4 is 5.32 Å². The number of unbranched alkanes of at least 4 members (excludes halogenated alkanes) is 39. The summed E-state index contributed by atoms with van der Waals surface area (Å²) in [5.41, 5.74) is 0. The summed E-state index contributed by atoms with van der Waals surface area (Å²) in [4.78, 5) is 13.4. The molecule has 2 aliphatic rings. The third kappa shape index (κ3) is 44.7. The molecule has 0 aliphatic carbocycles. The van der Waals surface area contributed by atoms with E-state index in [9.17, 15) is 45.6 Å². The van der Waals surface area contributed by atoms with Gasteiger partial charge in [-0.2, -0.15) is 0 Å². The van der Waals surface area contributed by atoms with Crippen molar-refractivity contribution in [1.29, 1.82) is 0 Å². The highest BCUT2D eigenvalue weighted by molar-refractivity contribution is 5.76. The Morgan fingerprint density at radius 2 is 0.769 bits per heavy atom. The molecule has 2 rings (SSSR count). The number of ether oxygens (including phenoxy) is 4. The first kappa shape index (κ1) is 84.5. The molecule has 12 unspecified atom stereocenters. The molecule has 0 saturated carbocycles. The molecule has 2 fully saturated rings. The molecule has 91 heavy (non-hydrogen) atoms. The van der Waals surface area contributed by atoms with Crippen LogP contribution in [0.15, 0.2) is 72.9 Å². The van der Waals surface area contributed by atoms with Crippen molar-refractivity contribution in [1.82, 2.24) is 5.32 Å². The fourth-order valence-electron chi connectivity index (χ4n) is 12.2. The van der Waals surface area contributed by atoms with Crippen LogP contribution >= 0.6 is 0 Å². The molecule has 0 aromatic rings. The van der Waals surface area contributed by atoms with E-state index in [1.54, 1.807) is 6.08 Å². The quantitative estimate of drug-likeness (QED) is 0.0204. The van der Waals surface area contributed by atoms with Gasteiger partial charge in [-0.25, -0.2) is 0 Å². The van der Waals surface area contributed by atoms with Gasteiger partial charge >= 0.3 is 0 Å². The van der Waals surface area contributed by atoms with Crippen LogP contribution in [0.5, 0.6) is 0 Å². The number of rotatable bonds is 62. The van der Waals surface area contributed by atoms with Gasteiger partial charge in [0.1, 0.15) is 48.8 Å². The fourth-order valence-corrected chi connectivity index (χ4v) is 12.2. The van der Waals surface area contributed by atoms with E-state index >= 15 is 0 Å². The number of nitrogens with one attached hydrogen (secondary N) is 1. The highest BCUT2D eigenvalue weighted by Gasteiger charge is 2.51. The molecule has 14 heteroatoms. The molecular formula is C77H139NO13. The summed E-state index contributed by atoms with van der Waals surface area (Å²) in [5.74, 6) is -0.247. The minimum absolute atomic E-state index is 0.247. The monoisotopic (exact) mass is 1290 g/mol. The first-order chi connectivity index (χ1) is 44.6. The number of amides is 1.